The minimum atomic E-state index is 0.542. The van der Waals surface area contributed by atoms with Crippen molar-refractivity contribution in [3.05, 3.63) is 4.91 Å². The molecule has 0 aliphatic carbocycles. The predicted molar refractivity (Wildman–Crippen MR) is 23.7 cm³/mol. The average molecular weight is 102 g/mol. The lowest BCUT2D eigenvalue weighted by atomic mass is 10.3. The third kappa shape index (κ3) is 1.14. The Balaban J connectivity index is 2.25. The summed E-state index contributed by atoms with van der Waals surface area (Å²) in [5.41, 5.74) is 0. The van der Waals surface area contributed by atoms with Crippen LogP contribution in [0.2, 0.25) is 0 Å². The highest BCUT2D eigenvalue weighted by molar-refractivity contribution is 4.35. The molecule has 7 heavy (non-hydrogen) atoms. The van der Waals surface area contributed by atoms with Crippen molar-refractivity contribution >= 4 is 0 Å². The van der Waals surface area contributed by atoms with Crippen molar-refractivity contribution in [1.82, 2.24) is 0 Å². The largest absolute Gasteiger partial charge is 0.248 e. The molecule has 1 aliphatic rings. The van der Waals surface area contributed by atoms with Gasteiger partial charge in [-0.05, 0) is 6.42 Å². The third-order valence-electron chi connectivity index (χ3n) is 0.970. The van der Waals surface area contributed by atoms with Crippen molar-refractivity contribution in [2.75, 3.05) is 13.2 Å². The summed E-state index contributed by atoms with van der Waals surface area (Å²) in [5, 5.41) is 0. The minimum absolute atomic E-state index is 0.542. The second kappa shape index (κ2) is 1.91. The normalized spacial score (nSPS) is 21.4. The standard InChI is InChI=1S/C4H8NO2/c6-5-3-1-2-4-7-5/h1-4H2/q+1. The first-order chi connectivity index (χ1) is 3.39. The molecule has 40 valence electrons. The average Bonchev–Trinajstić information content (AvgIpc) is 1.69. The van der Waals surface area contributed by atoms with Crippen LogP contribution >= 0.6 is 0 Å². The number of nitrogens with zero attached hydrogens (tertiary/aromatic N) is 1. The van der Waals surface area contributed by atoms with Gasteiger partial charge in [-0.2, -0.15) is 0 Å². The Hall–Kier alpha value is -0.600. The highest BCUT2D eigenvalue weighted by Crippen LogP contribution is 1.97. The van der Waals surface area contributed by atoms with Gasteiger partial charge < -0.3 is 0 Å². The molecule has 0 radical (unpaired) electrons. The second-order valence-electron chi connectivity index (χ2n) is 1.60. The van der Waals surface area contributed by atoms with Gasteiger partial charge in [-0.15, -0.1) is 0 Å². The molecule has 3 heteroatoms. The van der Waals surface area contributed by atoms with Crippen molar-refractivity contribution in [2.45, 2.75) is 12.8 Å². The molecule has 0 bridgehead atoms. The fraction of sp³-hybridized carbons (Fsp3) is 1.00. The highest BCUT2D eigenvalue weighted by Gasteiger charge is 2.14. The molecule has 1 rings (SSSR count). The zero-order valence-corrected chi connectivity index (χ0v) is 4.09. The van der Waals surface area contributed by atoms with Crippen LogP contribution in [0.3, 0.4) is 0 Å². The molecular weight excluding hydrogens is 94.0 g/mol. The maximum absolute atomic E-state index is 10.2. The molecule has 0 unspecified atom stereocenters. The topological polar surface area (TPSA) is 29.3 Å². The molecule has 0 aromatic carbocycles. The van der Waals surface area contributed by atoms with Crippen molar-refractivity contribution < 1.29 is 9.76 Å². The third-order valence-corrected chi connectivity index (χ3v) is 0.970. The minimum Gasteiger partial charge on any atom is -0.232 e. The van der Waals surface area contributed by atoms with Gasteiger partial charge in [-0.3, -0.25) is 0 Å². The number of hydrogen-bond donors (Lipinski definition) is 0. The lowest BCUT2D eigenvalue weighted by Gasteiger charge is -1.98. The van der Waals surface area contributed by atoms with Crippen LogP contribution in [0.25, 0.3) is 0 Å². The Bertz CT molecular complexity index is 73.8. The molecule has 0 aromatic rings. The van der Waals surface area contributed by atoms with E-state index >= 15 is 0 Å². The fourth-order valence-corrected chi connectivity index (χ4v) is 0.574. The van der Waals surface area contributed by atoms with E-state index in [0.29, 0.717) is 18.1 Å². The molecule has 1 saturated heterocycles. The van der Waals surface area contributed by atoms with E-state index in [9.17, 15) is 4.91 Å². The van der Waals surface area contributed by atoms with Gasteiger partial charge in [-0.25, -0.2) is 4.84 Å². The van der Waals surface area contributed by atoms with E-state index < -0.39 is 0 Å². The summed E-state index contributed by atoms with van der Waals surface area (Å²) >= 11 is 0. The Labute approximate surface area is 41.8 Å². The van der Waals surface area contributed by atoms with Crippen LogP contribution in [0.1, 0.15) is 12.8 Å². The van der Waals surface area contributed by atoms with E-state index in [-0.39, 0.29) is 0 Å². The van der Waals surface area contributed by atoms with E-state index in [2.05, 4.69) is 4.84 Å². The molecule has 0 amide bonds. The van der Waals surface area contributed by atoms with Gasteiger partial charge in [0.1, 0.15) is 0 Å². The summed E-state index contributed by atoms with van der Waals surface area (Å²) in [6, 6.07) is 0. The monoisotopic (exact) mass is 102 g/mol. The first kappa shape index (κ1) is 4.56. The van der Waals surface area contributed by atoms with Crippen LogP contribution in [-0.4, -0.2) is 18.1 Å². The van der Waals surface area contributed by atoms with Gasteiger partial charge >= 0.3 is 0 Å². The predicted octanol–water partition coefficient (Wildman–Crippen LogP) is 0.491. The van der Waals surface area contributed by atoms with E-state index in [1.807, 2.05) is 0 Å². The Kier molecular flexibility index (Phi) is 1.24. The summed E-state index contributed by atoms with van der Waals surface area (Å²) < 4.78 is 0. The van der Waals surface area contributed by atoms with Gasteiger partial charge in [-0.1, -0.05) is 0 Å². The molecule has 0 saturated carbocycles. The second-order valence-corrected chi connectivity index (χ2v) is 1.60. The lowest BCUT2D eigenvalue weighted by Crippen LogP contribution is -2.17. The van der Waals surface area contributed by atoms with E-state index in [0.717, 1.165) is 12.8 Å². The van der Waals surface area contributed by atoms with E-state index in [4.69, 9.17) is 0 Å². The van der Waals surface area contributed by atoms with Crippen molar-refractivity contribution in [3.63, 3.8) is 0 Å². The summed E-state index contributed by atoms with van der Waals surface area (Å²) in [6.07, 6.45) is 2.00. The van der Waals surface area contributed by atoms with Gasteiger partial charge in [0.15, 0.2) is 6.61 Å². The summed E-state index contributed by atoms with van der Waals surface area (Å²) in [6.45, 7) is 1.14. The van der Waals surface area contributed by atoms with Gasteiger partial charge in [0.2, 0.25) is 11.5 Å². The van der Waals surface area contributed by atoms with Crippen molar-refractivity contribution in [3.8, 4) is 0 Å². The molecular formula is C4H8NO2+. The number of rotatable bonds is 0. The van der Waals surface area contributed by atoms with Crippen LogP contribution in [-0.2, 0) is 4.84 Å². The highest BCUT2D eigenvalue weighted by atomic mass is 16.8. The Morgan fingerprint density at radius 1 is 1.43 bits per heavy atom. The van der Waals surface area contributed by atoms with E-state index in [1.165, 1.54) is 0 Å². The van der Waals surface area contributed by atoms with Crippen LogP contribution in [0.5, 0.6) is 0 Å². The summed E-state index contributed by atoms with van der Waals surface area (Å²) in [7, 11) is 0. The first-order valence-corrected chi connectivity index (χ1v) is 2.47. The summed E-state index contributed by atoms with van der Waals surface area (Å²) in [4.78, 5) is 15.4. The van der Waals surface area contributed by atoms with Gasteiger partial charge in [0, 0.05) is 6.42 Å². The quantitative estimate of drug-likeness (QED) is 0.445. The molecule has 0 atom stereocenters. The summed E-state index contributed by atoms with van der Waals surface area (Å²) in [5.74, 6) is 0. The van der Waals surface area contributed by atoms with Crippen molar-refractivity contribution in [2.24, 2.45) is 0 Å². The van der Waals surface area contributed by atoms with E-state index in [1.54, 1.807) is 0 Å². The molecule has 1 aliphatic heterocycles. The van der Waals surface area contributed by atoms with Crippen molar-refractivity contribution in [1.29, 1.82) is 0 Å². The molecule has 3 nitrogen and oxygen atoms in total. The number of hydrogen-bond acceptors (Lipinski definition) is 2. The van der Waals surface area contributed by atoms with Crippen LogP contribution in [0.4, 0.5) is 0 Å². The van der Waals surface area contributed by atoms with Gasteiger partial charge in [0.05, 0.1) is 4.91 Å². The fourth-order valence-electron chi connectivity index (χ4n) is 0.574. The lowest BCUT2D eigenvalue weighted by molar-refractivity contribution is -0.811. The Morgan fingerprint density at radius 3 is 2.57 bits per heavy atom. The first-order valence-electron chi connectivity index (χ1n) is 2.47. The zero-order chi connectivity index (χ0) is 5.11. The molecule has 1 heterocycles. The maximum atomic E-state index is 10.2. The molecule has 1 fully saturated rings. The van der Waals surface area contributed by atoms with Crippen LogP contribution < -0.4 is 0 Å². The molecule has 0 aromatic heterocycles. The van der Waals surface area contributed by atoms with Crippen LogP contribution in [0, 0.1) is 4.91 Å². The zero-order valence-electron chi connectivity index (χ0n) is 4.09. The van der Waals surface area contributed by atoms with Crippen LogP contribution in [0.15, 0.2) is 0 Å². The smallest absolute Gasteiger partial charge is 0.232 e. The van der Waals surface area contributed by atoms with Gasteiger partial charge in [0.25, 0.3) is 0 Å². The molecule has 0 N–H and O–H groups in total. The maximum Gasteiger partial charge on any atom is 0.248 e. The molecule has 0 spiro atoms. The SMILES string of the molecule is O=[N+]1CCCCO1. The Morgan fingerprint density at radius 2 is 2.29 bits per heavy atom.